The molecule has 1 unspecified atom stereocenters. The molecule has 0 saturated carbocycles. The van der Waals surface area contributed by atoms with E-state index in [2.05, 4.69) is 10.3 Å². The number of rotatable bonds is 2. The maximum atomic E-state index is 13.2. The van der Waals surface area contributed by atoms with Gasteiger partial charge in [-0.3, -0.25) is 4.79 Å². The Kier molecular flexibility index (Phi) is 3.75. The Morgan fingerprint density at radius 2 is 2.24 bits per heavy atom. The van der Waals surface area contributed by atoms with E-state index in [0.717, 1.165) is 23.6 Å². The molecule has 4 nitrogen and oxygen atoms in total. The summed E-state index contributed by atoms with van der Waals surface area (Å²) >= 11 is 5.85. The second kappa shape index (κ2) is 5.69. The van der Waals surface area contributed by atoms with Crippen LogP contribution in [0.25, 0.3) is 0 Å². The Hall–Kier alpha value is -2.14. The summed E-state index contributed by atoms with van der Waals surface area (Å²) < 4.78 is 18.7. The van der Waals surface area contributed by atoms with Gasteiger partial charge >= 0.3 is 0 Å². The largest absolute Gasteiger partial charge is 0.493 e. The molecule has 0 spiro atoms. The predicted molar refractivity (Wildman–Crippen MR) is 76.0 cm³/mol. The number of aromatic nitrogens is 1. The van der Waals surface area contributed by atoms with Crippen molar-refractivity contribution in [3.8, 4) is 5.75 Å². The number of amides is 1. The standard InChI is InChI=1S/C15H12ClFN2O2/c16-14-11(7-9(17)8-18-14)15(20)19-12-5-6-21-13-4-2-1-3-10(12)13/h1-4,7-8,12H,5-6H2,(H,19,20). The molecule has 2 heterocycles. The van der Waals surface area contributed by atoms with Crippen LogP contribution in [-0.4, -0.2) is 17.5 Å². The second-order valence-electron chi connectivity index (χ2n) is 4.69. The van der Waals surface area contributed by atoms with Gasteiger partial charge in [0.05, 0.1) is 24.4 Å². The van der Waals surface area contributed by atoms with Crippen molar-refractivity contribution in [2.45, 2.75) is 12.5 Å². The Morgan fingerprint density at radius 3 is 3.10 bits per heavy atom. The Labute approximate surface area is 125 Å². The molecule has 1 N–H and O–H groups in total. The number of hydrogen-bond acceptors (Lipinski definition) is 3. The number of halogens is 2. The van der Waals surface area contributed by atoms with E-state index >= 15 is 0 Å². The number of benzene rings is 1. The summed E-state index contributed by atoms with van der Waals surface area (Å²) in [7, 11) is 0. The number of pyridine rings is 1. The zero-order valence-electron chi connectivity index (χ0n) is 11.0. The first-order valence-electron chi connectivity index (χ1n) is 6.49. The average Bonchev–Trinajstić information content (AvgIpc) is 2.50. The lowest BCUT2D eigenvalue weighted by Crippen LogP contribution is -2.32. The molecule has 1 amide bonds. The van der Waals surface area contributed by atoms with E-state index in [-0.39, 0.29) is 16.8 Å². The molecule has 0 saturated heterocycles. The van der Waals surface area contributed by atoms with Crippen molar-refractivity contribution >= 4 is 17.5 Å². The van der Waals surface area contributed by atoms with Gasteiger partial charge in [-0.05, 0) is 12.1 Å². The Morgan fingerprint density at radius 1 is 1.43 bits per heavy atom. The highest BCUT2D eigenvalue weighted by atomic mass is 35.5. The van der Waals surface area contributed by atoms with Crippen LogP contribution in [0, 0.1) is 5.82 Å². The van der Waals surface area contributed by atoms with Gasteiger partial charge in [-0.2, -0.15) is 0 Å². The maximum absolute atomic E-state index is 13.2. The molecule has 1 atom stereocenters. The average molecular weight is 307 g/mol. The molecule has 1 aromatic carbocycles. The summed E-state index contributed by atoms with van der Waals surface area (Å²) in [5, 5.41) is 2.83. The SMILES string of the molecule is O=C(NC1CCOc2ccccc21)c1cc(F)cnc1Cl. The van der Waals surface area contributed by atoms with Gasteiger partial charge in [-0.1, -0.05) is 29.8 Å². The summed E-state index contributed by atoms with van der Waals surface area (Å²) in [6.07, 6.45) is 1.62. The lowest BCUT2D eigenvalue weighted by Gasteiger charge is -2.26. The fourth-order valence-corrected chi connectivity index (χ4v) is 2.50. The van der Waals surface area contributed by atoms with E-state index in [1.807, 2.05) is 24.3 Å². The van der Waals surface area contributed by atoms with Gasteiger partial charge in [-0.25, -0.2) is 9.37 Å². The zero-order valence-corrected chi connectivity index (χ0v) is 11.7. The molecule has 1 aromatic heterocycles. The van der Waals surface area contributed by atoms with Crippen molar-refractivity contribution < 1.29 is 13.9 Å². The number of para-hydroxylation sites is 1. The van der Waals surface area contributed by atoms with Gasteiger partial charge in [-0.15, -0.1) is 0 Å². The number of hydrogen-bond donors (Lipinski definition) is 1. The van der Waals surface area contributed by atoms with Crippen LogP contribution < -0.4 is 10.1 Å². The van der Waals surface area contributed by atoms with Crippen molar-refractivity contribution in [1.82, 2.24) is 10.3 Å². The third-order valence-corrected chi connectivity index (χ3v) is 3.62. The van der Waals surface area contributed by atoms with Gasteiger partial charge < -0.3 is 10.1 Å². The highest BCUT2D eigenvalue weighted by molar-refractivity contribution is 6.32. The molecule has 0 radical (unpaired) electrons. The first-order chi connectivity index (χ1) is 10.1. The first-order valence-corrected chi connectivity index (χ1v) is 6.86. The zero-order chi connectivity index (χ0) is 14.8. The lowest BCUT2D eigenvalue weighted by molar-refractivity contribution is 0.0924. The third kappa shape index (κ3) is 2.83. The molecule has 1 aliphatic heterocycles. The van der Waals surface area contributed by atoms with Crippen LogP contribution in [0.5, 0.6) is 5.75 Å². The molecule has 0 fully saturated rings. The van der Waals surface area contributed by atoms with Crippen molar-refractivity contribution in [3.63, 3.8) is 0 Å². The van der Waals surface area contributed by atoms with Gasteiger partial charge in [0.25, 0.3) is 5.91 Å². The molecule has 0 bridgehead atoms. The van der Waals surface area contributed by atoms with Crippen molar-refractivity contribution in [1.29, 1.82) is 0 Å². The second-order valence-corrected chi connectivity index (χ2v) is 5.05. The van der Waals surface area contributed by atoms with Crippen molar-refractivity contribution in [2.75, 3.05) is 6.61 Å². The number of fused-ring (bicyclic) bond motifs is 1. The van der Waals surface area contributed by atoms with Crippen LogP contribution in [0.15, 0.2) is 36.5 Å². The van der Waals surface area contributed by atoms with E-state index in [0.29, 0.717) is 13.0 Å². The minimum atomic E-state index is -0.600. The van der Waals surface area contributed by atoms with E-state index < -0.39 is 11.7 Å². The summed E-state index contributed by atoms with van der Waals surface area (Å²) in [6, 6.07) is 8.38. The van der Waals surface area contributed by atoms with Crippen LogP contribution >= 0.6 is 11.6 Å². The minimum Gasteiger partial charge on any atom is -0.493 e. The van der Waals surface area contributed by atoms with Gasteiger partial charge in [0.15, 0.2) is 0 Å². The van der Waals surface area contributed by atoms with Gasteiger partial charge in [0.2, 0.25) is 0 Å². The minimum absolute atomic E-state index is 0.0192. The smallest absolute Gasteiger partial charge is 0.255 e. The number of ether oxygens (including phenoxy) is 1. The van der Waals surface area contributed by atoms with Crippen LogP contribution in [0.1, 0.15) is 28.4 Å². The lowest BCUT2D eigenvalue weighted by atomic mass is 10.0. The quantitative estimate of drug-likeness (QED) is 0.867. The fourth-order valence-electron chi connectivity index (χ4n) is 2.31. The predicted octanol–water partition coefficient (Wildman–Crippen LogP) is 3.13. The topological polar surface area (TPSA) is 51.2 Å². The van der Waals surface area contributed by atoms with E-state index in [4.69, 9.17) is 16.3 Å². The molecule has 2 aromatic rings. The molecule has 108 valence electrons. The summed E-state index contributed by atoms with van der Waals surface area (Å²) in [5.74, 6) is -0.303. The molecule has 3 rings (SSSR count). The molecule has 0 aliphatic carbocycles. The third-order valence-electron chi connectivity index (χ3n) is 3.31. The highest BCUT2D eigenvalue weighted by Crippen LogP contribution is 2.31. The van der Waals surface area contributed by atoms with Crippen LogP contribution in [-0.2, 0) is 0 Å². The number of nitrogens with zero attached hydrogens (tertiary/aromatic N) is 1. The Balaban J connectivity index is 1.84. The van der Waals surface area contributed by atoms with Crippen LogP contribution in [0.4, 0.5) is 4.39 Å². The van der Waals surface area contributed by atoms with E-state index in [1.165, 1.54) is 0 Å². The molecule has 21 heavy (non-hydrogen) atoms. The molecular weight excluding hydrogens is 295 g/mol. The van der Waals surface area contributed by atoms with Crippen molar-refractivity contribution in [2.24, 2.45) is 0 Å². The van der Waals surface area contributed by atoms with E-state index in [1.54, 1.807) is 0 Å². The monoisotopic (exact) mass is 306 g/mol. The van der Waals surface area contributed by atoms with E-state index in [9.17, 15) is 9.18 Å². The maximum Gasteiger partial charge on any atom is 0.255 e. The molecular formula is C15H12ClFN2O2. The Bertz CT molecular complexity index is 693. The summed E-state index contributed by atoms with van der Waals surface area (Å²) in [5.41, 5.74) is 0.929. The van der Waals surface area contributed by atoms with Crippen LogP contribution in [0.3, 0.4) is 0 Å². The normalized spacial score (nSPS) is 16.8. The molecule has 6 heteroatoms. The summed E-state index contributed by atoms with van der Waals surface area (Å²) in [6.45, 7) is 0.511. The fraction of sp³-hybridized carbons (Fsp3) is 0.200. The number of carbonyl (C=O) groups is 1. The van der Waals surface area contributed by atoms with Crippen molar-refractivity contribution in [3.05, 3.63) is 58.6 Å². The van der Waals surface area contributed by atoms with Gasteiger partial charge in [0.1, 0.15) is 16.7 Å². The molecule has 1 aliphatic rings. The highest BCUT2D eigenvalue weighted by Gasteiger charge is 2.24. The number of carbonyl (C=O) groups excluding carboxylic acids is 1. The van der Waals surface area contributed by atoms with Crippen LogP contribution in [0.2, 0.25) is 5.15 Å². The summed E-state index contributed by atoms with van der Waals surface area (Å²) in [4.78, 5) is 15.9. The first kappa shape index (κ1) is 13.8. The van der Waals surface area contributed by atoms with Gasteiger partial charge in [0, 0.05) is 12.0 Å². The number of nitrogens with one attached hydrogen (secondary N) is 1.